The van der Waals surface area contributed by atoms with E-state index < -0.39 is 0 Å². The monoisotopic (exact) mass is 396 g/mol. The molecule has 1 aromatic heterocycles. The molecule has 6 heteroatoms. The van der Waals surface area contributed by atoms with Crippen molar-refractivity contribution in [2.75, 3.05) is 6.54 Å². The second-order valence-electron chi connectivity index (χ2n) is 6.74. The molecule has 3 rings (SSSR count). The zero-order chi connectivity index (χ0) is 20.8. The fraction of sp³-hybridized carbons (Fsp3) is 0.217. The minimum Gasteiger partial charge on any atom is -0.352 e. The quantitative estimate of drug-likeness (QED) is 0.654. The largest absolute Gasteiger partial charge is 0.352 e. The Morgan fingerprint density at radius 2 is 1.48 bits per heavy atom. The van der Waals surface area contributed by atoms with Crippen molar-refractivity contribution in [3.05, 3.63) is 106 Å². The number of pyridine rings is 1. The van der Waals surface area contributed by atoms with Crippen molar-refractivity contribution >= 4 is 5.91 Å². The van der Waals surface area contributed by atoms with Crippen LogP contribution in [0, 0.1) is 11.6 Å². The van der Waals surface area contributed by atoms with Crippen LogP contribution in [0.25, 0.3) is 0 Å². The molecule has 0 atom stereocenters. The maximum absolute atomic E-state index is 13.3. The minimum atomic E-state index is -0.328. The van der Waals surface area contributed by atoms with Crippen LogP contribution in [0.2, 0.25) is 0 Å². The van der Waals surface area contributed by atoms with E-state index in [9.17, 15) is 18.4 Å². The summed E-state index contributed by atoms with van der Waals surface area (Å²) in [7, 11) is 0. The predicted molar refractivity (Wildman–Crippen MR) is 108 cm³/mol. The summed E-state index contributed by atoms with van der Waals surface area (Å²) in [6, 6.07) is 15.2. The summed E-state index contributed by atoms with van der Waals surface area (Å²) >= 11 is 0. The van der Waals surface area contributed by atoms with Crippen LogP contribution >= 0.6 is 0 Å². The highest BCUT2D eigenvalue weighted by molar-refractivity contribution is 5.93. The van der Waals surface area contributed by atoms with Gasteiger partial charge < -0.3 is 9.88 Å². The highest BCUT2D eigenvalue weighted by Crippen LogP contribution is 2.28. The molecule has 0 aliphatic heterocycles. The molecule has 3 aromatic rings. The lowest BCUT2D eigenvalue weighted by Gasteiger charge is -2.19. The van der Waals surface area contributed by atoms with E-state index in [0.717, 1.165) is 11.1 Å². The molecule has 4 nitrogen and oxygen atoms in total. The third-order valence-corrected chi connectivity index (χ3v) is 4.85. The van der Waals surface area contributed by atoms with Crippen molar-refractivity contribution in [1.29, 1.82) is 0 Å². The molecular formula is C23H22F2N2O2. The first-order valence-corrected chi connectivity index (χ1v) is 9.47. The van der Waals surface area contributed by atoms with Crippen LogP contribution in [-0.2, 0) is 6.54 Å². The Morgan fingerprint density at radius 1 is 0.931 bits per heavy atom. The van der Waals surface area contributed by atoms with Crippen LogP contribution in [0.3, 0.4) is 0 Å². The van der Waals surface area contributed by atoms with Gasteiger partial charge in [0, 0.05) is 31.3 Å². The van der Waals surface area contributed by atoms with E-state index in [1.54, 1.807) is 24.3 Å². The number of carbonyl (C=O) groups is 1. The summed E-state index contributed by atoms with van der Waals surface area (Å²) in [6.45, 7) is 2.68. The first-order chi connectivity index (χ1) is 14.0. The van der Waals surface area contributed by atoms with Crippen molar-refractivity contribution in [3.63, 3.8) is 0 Å². The summed E-state index contributed by atoms with van der Waals surface area (Å²) in [5.74, 6) is -1.05. The van der Waals surface area contributed by atoms with E-state index in [2.05, 4.69) is 5.32 Å². The topological polar surface area (TPSA) is 51.1 Å². The number of benzene rings is 2. The molecule has 0 bridgehead atoms. The van der Waals surface area contributed by atoms with Crippen LogP contribution < -0.4 is 10.9 Å². The zero-order valence-electron chi connectivity index (χ0n) is 16.1. The number of nitrogens with zero attached hydrogens (tertiary/aromatic N) is 1. The Hall–Kier alpha value is -3.28. The van der Waals surface area contributed by atoms with E-state index in [1.165, 1.54) is 47.2 Å². The molecule has 0 aliphatic carbocycles. The van der Waals surface area contributed by atoms with Crippen molar-refractivity contribution in [3.8, 4) is 0 Å². The number of nitrogens with one attached hydrogen (secondary N) is 1. The molecule has 2 aromatic carbocycles. The first-order valence-electron chi connectivity index (χ1n) is 9.47. The summed E-state index contributed by atoms with van der Waals surface area (Å²) in [5, 5.41) is 2.86. The summed E-state index contributed by atoms with van der Waals surface area (Å²) in [6.07, 6.45) is 2.09. The van der Waals surface area contributed by atoms with Gasteiger partial charge in [-0.15, -0.1) is 0 Å². The maximum Gasteiger partial charge on any atom is 0.252 e. The summed E-state index contributed by atoms with van der Waals surface area (Å²) in [4.78, 5) is 24.1. The van der Waals surface area contributed by atoms with Gasteiger partial charge in [-0.25, -0.2) is 8.78 Å². The number of carbonyl (C=O) groups excluding carboxylic acids is 1. The number of halogens is 2. The van der Waals surface area contributed by atoms with Crippen molar-refractivity contribution in [2.24, 2.45) is 0 Å². The highest BCUT2D eigenvalue weighted by Gasteiger charge is 2.16. The minimum absolute atomic E-state index is 0.124. The average molecular weight is 396 g/mol. The molecule has 0 saturated heterocycles. The molecule has 1 amide bonds. The summed E-state index contributed by atoms with van der Waals surface area (Å²) in [5.41, 5.74) is 2.02. The number of aromatic nitrogens is 1. The second kappa shape index (κ2) is 9.28. The van der Waals surface area contributed by atoms with Crippen LogP contribution in [0.4, 0.5) is 8.78 Å². The van der Waals surface area contributed by atoms with E-state index >= 15 is 0 Å². The van der Waals surface area contributed by atoms with E-state index in [0.29, 0.717) is 25.1 Å². The van der Waals surface area contributed by atoms with Gasteiger partial charge in [-0.2, -0.15) is 0 Å². The second-order valence-corrected chi connectivity index (χ2v) is 6.74. The standard InChI is InChI=1S/C23H22F2N2O2/c1-2-27-15-18(7-12-22(27)28)23(29)26-14-13-21(16-3-8-19(24)9-4-16)17-5-10-20(25)11-6-17/h3-12,15,21H,2,13-14H2,1H3,(H,26,29). The van der Waals surface area contributed by atoms with Gasteiger partial charge in [-0.1, -0.05) is 24.3 Å². The lowest BCUT2D eigenvalue weighted by molar-refractivity contribution is 0.0952. The number of rotatable bonds is 7. The number of amides is 1. The fourth-order valence-corrected chi connectivity index (χ4v) is 3.26. The number of hydrogen-bond acceptors (Lipinski definition) is 2. The lowest BCUT2D eigenvalue weighted by Crippen LogP contribution is -2.28. The van der Waals surface area contributed by atoms with Gasteiger partial charge >= 0.3 is 0 Å². The lowest BCUT2D eigenvalue weighted by atomic mass is 9.88. The molecular weight excluding hydrogens is 374 g/mol. The van der Waals surface area contributed by atoms with E-state index in [4.69, 9.17) is 0 Å². The molecule has 1 heterocycles. The molecule has 0 aliphatic rings. The van der Waals surface area contributed by atoms with Gasteiger partial charge in [0.2, 0.25) is 0 Å². The molecule has 0 spiro atoms. The zero-order valence-corrected chi connectivity index (χ0v) is 16.1. The van der Waals surface area contributed by atoms with E-state index in [1.807, 2.05) is 6.92 Å². The van der Waals surface area contributed by atoms with Gasteiger partial charge in [-0.05, 0) is 54.8 Å². The van der Waals surface area contributed by atoms with Gasteiger partial charge in [0.15, 0.2) is 0 Å². The molecule has 0 fully saturated rings. The van der Waals surface area contributed by atoms with Crippen LogP contribution in [-0.4, -0.2) is 17.0 Å². The van der Waals surface area contributed by atoms with Crippen LogP contribution in [0.1, 0.15) is 40.7 Å². The van der Waals surface area contributed by atoms with Gasteiger partial charge in [-0.3, -0.25) is 9.59 Å². The van der Waals surface area contributed by atoms with E-state index in [-0.39, 0.29) is 29.0 Å². The molecule has 150 valence electrons. The Labute approximate surface area is 167 Å². The normalized spacial score (nSPS) is 10.9. The third kappa shape index (κ3) is 5.16. The Bertz CT molecular complexity index is 982. The predicted octanol–water partition coefficient (Wildman–Crippen LogP) is 4.10. The summed E-state index contributed by atoms with van der Waals surface area (Å²) < 4.78 is 28.1. The SMILES string of the molecule is CCn1cc(C(=O)NCCC(c2ccc(F)cc2)c2ccc(F)cc2)ccc1=O. The van der Waals surface area contributed by atoms with Crippen molar-refractivity contribution in [1.82, 2.24) is 9.88 Å². The molecule has 29 heavy (non-hydrogen) atoms. The molecule has 0 unspecified atom stereocenters. The van der Waals surface area contributed by atoms with Crippen molar-refractivity contribution < 1.29 is 13.6 Å². The first kappa shape index (κ1) is 20.5. The molecule has 0 radical (unpaired) electrons. The van der Waals surface area contributed by atoms with Crippen molar-refractivity contribution in [2.45, 2.75) is 25.8 Å². The Kier molecular flexibility index (Phi) is 6.54. The van der Waals surface area contributed by atoms with Gasteiger partial charge in [0.05, 0.1) is 5.56 Å². The van der Waals surface area contributed by atoms with Gasteiger partial charge in [0.25, 0.3) is 11.5 Å². The highest BCUT2D eigenvalue weighted by atomic mass is 19.1. The third-order valence-electron chi connectivity index (χ3n) is 4.85. The Morgan fingerprint density at radius 3 is 2.00 bits per heavy atom. The van der Waals surface area contributed by atoms with Crippen LogP contribution in [0.15, 0.2) is 71.7 Å². The van der Waals surface area contributed by atoms with Gasteiger partial charge in [0.1, 0.15) is 11.6 Å². The smallest absolute Gasteiger partial charge is 0.252 e. The average Bonchev–Trinajstić information content (AvgIpc) is 2.73. The molecule has 1 N–H and O–H groups in total. The fourth-order valence-electron chi connectivity index (χ4n) is 3.26. The number of hydrogen-bond donors (Lipinski definition) is 1. The Balaban J connectivity index is 1.73. The number of aryl methyl sites for hydroxylation is 1. The van der Waals surface area contributed by atoms with Crippen LogP contribution in [0.5, 0.6) is 0 Å². The maximum atomic E-state index is 13.3. The molecule has 0 saturated carbocycles.